The number of aromatic nitrogens is 2. The van der Waals surface area contributed by atoms with Crippen LogP contribution in [0.4, 0.5) is 5.13 Å². The average Bonchev–Trinajstić information content (AvgIpc) is 2.84. The smallest absolute Gasteiger partial charge is 0.313 e. The SMILES string of the molecule is O=C(O)CSc1nnc(NC(=O)c2cccc(O)c2)s1. The molecule has 0 aliphatic heterocycles. The number of carboxylic acid groups (broad SMARTS) is 1. The molecule has 9 heteroatoms. The molecular weight excluding hydrogens is 302 g/mol. The van der Waals surface area contributed by atoms with Crippen molar-refractivity contribution in [2.75, 3.05) is 11.1 Å². The van der Waals surface area contributed by atoms with Crippen molar-refractivity contribution in [3.05, 3.63) is 29.8 Å². The zero-order chi connectivity index (χ0) is 14.5. The Balaban J connectivity index is 1.99. The maximum absolute atomic E-state index is 11.9. The van der Waals surface area contributed by atoms with Crippen molar-refractivity contribution in [2.45, 2.75) is 4.34 Å². The lowest BCUT2D eigenvalue weighted by atomic mass is 10.2. The monoisotopic (exact) mass is 311 g/mol. The van der Waals surface area contributed by atoms with E-state index in [9.17, 15) is 14.7 Å². The summed E-state index contributed by atoms with van der Waals surface area (Å²) >= 11 is 2.11. The highest BCUT2D eigenvalue weighted by molar-refractivity contribution is 8.01. The molecule has 0 aliphatic carbocycles. The van der Waals surface area contributed by atoms with Gasteiger partial charge in [-0.2, -0.15) is 0 Å². The Morgan fingerprint density at radius 3 is 2.85 bits per heavy atom. The highest BCUT2D eigenvalue weighted by Crippen LogP contribution is 2.25. The van der Waals surface area contributed by atoms with Crippen LogP contribution in [-0.4, -0.2) is 38.0 Å². The number of anilines is 1. The number of phenols is 1. The molecule has 0 saturated heterocycles. The third-order valence-electron chi connectivity index (χ3n) is 2.05. The molecule has 2 rings (SSSR count). The van der Waals surface area contributed by atoms with E-state index in [0.29, 0.717) is 9.90 Å². The molecule has 1 amide bonds. The number of thioether (sulfide) groups is 1. The number of carbonyl (C=O) groups is 2. The molecule has 1 aromatic carbocycles. The van der Waals surface area contributed by atoms with Gasteiger partial charge in [0.15, 0.2) is 4.34 Å². The van der Waals surface area contributed by atoms with E-state index in [0.717, 1.165) is 23.1 Å². The molecule has 0 bridgehead atoms. The molecule has 1 heterocycles. The maximum atomic E-state index is 11.9. The number of aliphatic carboxylic acids is 1. The quantitative estimate of drug-likeness (QED) is 0.568. The number of hydrogen-bond acceptors (Lipinski definition) is 7. The van der Waals surface area contributed by atoms with Gasteiger partial charge in [0.05, 0.1) is 5.75 Å². The minimum Gasteiger partial charge on any atom is -0.508 e. The Kier molecular flexibility index (Phi) is 4.53. The van der Waals surface area contributed by atoms with Crippen LogP contribution in [0.3, 0.4) is 0 Å². The normalized spacial score (nSPS) is 10.2. The predicted molar refractivity (Wildman–Crippen MR) is 74.3 cm³/mol. The van der Waals surface area contributed by atoms with Gasteiger partial charge in [-0.25, -0.2) is 0 Å². The van der Waals surface area contributed by atoms with Gasteiger partial charge in [0.2, 0.25) is 5.13 Å². The molecule has 2 aromatic rings. The highest BCUT2D eigenvalue weighted by Gasteiger charge is 2.11. The molecule has 0 aliphatic rings. The number of carbonyl (C=O) groups excluding carboxylic acids is 1. The topological polar surface area (TPSA) is 112 Å². The van der Waals surface area contributed by atoms with Gasteiger partial charge in [-0.3, -0.25) is 14.9 Å². The Hall–Kier alpha value is -2.13. The number of nitrogens with one attached hydrogen (secondary N) is 1. The van der Waals surface area contributed by atoms with Crippen LogP contribution < -0.4 is 5.32 Å². The molecule has 1 aromatic heterocycles. The van der Waals surface area contributed by atoms with Crippen molar-refractivity contribution < 1.29 is 19.8 Å². The largest absolute Gasteiger partial charge is 0.508 e. The van der Waals surface area contributed by atoms with Gasteiger partial charge in [0, 0.05) is 5.56 Å². The van der Waals surface area contributed by atoms with E-state index >= 15 is 0 Å². The zero-order valence-corrected chi connectivity index (χ0v) is 11.6. The van der Waals surface area contributed by atoms with Crippen molar-refractivity contribution in [1.29, 1.82) is 0 Å². The van der Waals surface area contributed by atoms with Crippen LogP contribution in [0.1, 0.15) is 10.4 Å². The lowest BCUT2D eigenvalue weighted by Gasteiger charge is -2.01. The number of phenolic OH excluding ortho intramolecular Hbond substituents is 1. The first-order chi connectivity index (χ1) is 9.54. The number of carboxylic acids is 1. The minimum atomic E-state index is -0.949. The highest BCUT2D eigenvalue weighted by atomic mass is 32.2. The van der Waals surface area contributed by atoms with E-state index in [1.165, 1.54) is 12.1 Å². The van der Waals surface area contributed by atoms with Gasteiger partial charge in [-0.05, 0) is 18.2 Å². The summed E-state index contributed by atoms with van der Waals surface area (Å²) in [7, 11) is 0. The summed E-state index contributed by atoms with van der Waals surface area (Å²) in [6, 6.07) is 5.90. The molecule has 0 saturated carbocycles. The Labute approximate surface area is 121 Å². The molecule has 104 valence electrons. The fraction of sp³-hybridized carbons (Fsp3) is 0.0909. The number of nitrogens with zero attached hydrogens (tertiary/aromatic N) is 2. The number of amides is 1. The minimum absolute atomic E-state index is 0.00684. The molecule has 0 radical (unpaired) electrons. The zero-order valence-electron chi connectivity index (χ0n) is 9.94. The van der Waals surface area contributed by atoms with Crippen LogP contribution in [0, 0.1) is 0 Å². The Morgan fingerprint density at radius 1 is 1.35 bits per heavy atom. The first kappa shape index (κ1) is 14.3. The molecular formula is C11H9N3O4S2. The molecule has 0 atom stereocenters. The van der Waals surface area contributed by atoms with Crippen molar-refractivity contribution in [2.24, 2.45) is 0 Å². The van der Waals surface area contributed by atoms with Crippen molar-refractivity contribution >= 4 is 40.1 Å². The van der Waals surface area contributed by atoms with Crippen LogP contribution >= 0.6 is 23.1 Å². The van der Waals surface area contributed by atoms with E-state index in [2.05, 4.69) is 15.5 Å². The summed E-state index contributed by atoms with van der Waals surface area (Å²) in [5.74, 6) is -1.50. The summed E-state index contributed by atoms with van der Waals surface area (Å²) in [5.41, 5.74) is 0.292. The fourth-order valence-corrected chi connectivity index (χ4v) is 2.73. The van der Waals surface area contributed by atoms with Crippen molar-refractivity contribution in [3.63, 3.8) is 0 Å². The third kappa shape index (κ3) is 3.93. The number of rotatable bonds is 5. The first-order valence-electron chi connectivity index (χ1n) is 5.33. The Bertz CT molecular complexity index is 644. The van der Waals surface area contributed by atoms with Gasteiger partial charge < -0.3 is 10.2 Å². The predicted octanol–water partition coefficient (Wildman–Crippen LogP) is 1.67. The molecule has 7 nitrogen and oxygen atoms in total. The summed E-state index contributed by atoms with van der Waals surface area (Å²) in [6.07, 6.45) is 0. The summed E-state index contributed by atoms with van der Waals surface area (Å²) in [5, 5.41) is 28.1. The van der Waals surface area contributed by atoms with Crippen LogP contribution in [0.15, 0.2) is 28.6 Å². The molecule has 0 spiro atoms. The lowest BCUT2D eigenvalue weighted by molar-refractivity contribution is -0.133. The van der Waals surface area contributed by atoms with E-state index in [-0.39, 0.29) is 16.6 Å². The number of hydrogen-bond donors (Lipinski definition) is 3. The van der Waals surface area contributed by atoms with Gasteiger partial charge in [-0.1, -0.05) is 29.2 Å². The molecule has 0 unspecified atom stereocenters. The van der Waals surface area contributed by atoms with E-state index in [1.54, 1.807) is 12.1 Å². The van der Waals surface area contributed by atoms with Crippen LogP contribution in [0.2, 0.25) is 0 Å². The van der Waals surface area contributed by atoms with E-state index in [4.69, 9.17) is 5.11 Å². The molecule has 0 fully saturated rings. The third-order valence-corrected chi connectivity index (χ3v) is 4.01. The number of aromatic hydroxyl groups is 1. The summed E-state index contributed by atoms with van der Waals surface area (Å²) < 4.78 is 0.457. The molecule has 3 N–H and O–H groups in total. The van der Waals surface area contributed by atoms with Crippen LogP contribution in [0.5, 0.6) is 5.75 Å². The van der Waals surface area contributed by atoms with Gasteiger partial charge in [0.25, 0.3) is 5.91 Å². The van der Waals surface area contributed by atoms with Crippen LogP contribution in [0.25, 0.3) is 0 Å². The van der Waals surface area contributed by atoms with Crippen LogP contribution in [-0.2, 0) is 4.79 Å². The first-order valence-corrected chi connectivity index (χ1v) is 7.13. The van der Waals surface area contributed by atoms with Gasteiger partial charge in [0.1, 0.15) is 5.75 Å². The van der Waals surface area contributed by atoms with Crippen molar-refractivity contribution in [3.8, 4) is 5.75 Å². The lowest BCUT2D eigenvalue weighted by Crippen LogP contribution is -2.11. The van der Waals surface area contributed by atoms with Crippen molar-refractivity contribution in [1.82, 2.24) is 10.2 Å². The second-order valence-electron chi connectivity index (χ2n) is 3.56. The molecule has 20 heavy (non-hydrogen) atoms. The second kappa shape index (κ2) is 6.35. The fourth-order valence-electron chi connectivity index (χ4n) is 1.26. The van der Waals surface area contributed by atoms with Gasteiger partial charge in [-0.15, -0.1) is 10.2 Å². The maximum Gasteiger partial charge on any atom is 0.313 e. The van der Waals surface area contributed by atoms with E-state index in [1.807, 2.05) is 0 Å². The summed E-state index contributed by atoms with van der Waals surface area (Å²) in [4.78, 5) is 22.3. The Morgan fingerprint density at radius 2 is 2.15 bits per heavy atom. The average molecular weight is 311 g/mol. The summed E-state index contributed by atoms with van der Waals surface area (Å²) in [6.45, 7) is 0. The van der Waals surface area contributed by atoms with Gasteiger partial charge >= 0.3 is 5.97 Å². The second-order valence-corrected chi connectivity index (χ2v) is 5.76. The standard InChI is InChI=1S/C11H9N3O4S2/c15-7-3-1-2-6(4-7)9(18)12-10-13-14-11(20-10)19-5-8(16)17/h1-4,15H,5H2,(H,16,17)(H,12,13,18). The number of benzene rings is 1. The van der Waals surface area contributed by atoms with E-state index < -0.39 is 11.9 Å².